The Hall–Kier alpha value is -1.30. The van der Waals surface area contributed by atoms with Gasteiger partial charge in [-0.05, 0) is 54.2 Å². The fourth-order valence-corrected chi connectivity index (χ4v) is 3.49. The molecule has 3 aliphatic carbocycles. The van der Waals surface area contributed by atoms with E-state index in [2.05, 4.69) is 44.4 Å². The van der Waals surface area contributed by atoms with Gasteiger partial charge in [-0.2, -0.15) is 0 Å². The third kappa shape index (κ3) is 2.05. The molecule has 0 aliphatic heterocycles. The molecule has 0 nitrogen and oxygen atoms in total. The monoisotopic (exact) mass is 238 g/mol. The van der Waals surface area contributed by atoms with Crippen molar-refractivity contribution in [3.8, 4) is 0 Å². The number of hydrogen-bond acceptors (Lipinski definition) is 0. The predicted octanol–water partition coefficient (Wildman–Crippen LogP) is 4.98. The van der Waals surface area contributed by atoms with Gasteiger partial charge in [0.25, 0.3) is 0 Å². The van der Waals surface area contributed by atoms with Crippen molar-refractivity contribution in [1.29, 1.82) is 0 Å². The number of rotatable bonds is 1. The van der Waals surface area contributed by atoms with Crippen LogP contribution in [-0.2, 0) is 0 Å². The molecule has 94 valence electrons. The maximum Gasteiger partial charge on any atom is 0.0269 e. The van der Waals surface area contributed by atoms with E-state index in [1.807, 2.05) is 0 Å². The van der Waals surface area contributed by atoms with Crippen molar-refractivity contribution in [3.63, 3.8) is 0 Å². The smallest absolute Gasteiger partial charge is 0.0269 e. The summed E-state index contributed by atoms with van der Waals surface area (Å²) in [6, 6.07) is 0. The molecule has 0 N–H and O–H groups in total. The summed E-state index contributed by atoms with van der Waals surface area (Å²) in [6.07, 6.45) is 14.3. The van der Waals surface area contributed by atoms with Gasteiger partial charge in [-0.25, -0.2) is 0 Å². The lowest BCUT2D eigenvalue weighted by molar-refractivity contribution is 0.445. The Balaban J connectivity index is 1.83. The molecule has 3 unspecified atom stereocenters. The van der Waals surface area contributed by atoms with Crippen molar-refractivity contribution >= 4 is 0 Å². The van der Waals surface area contributed by atoms with E-state index < -0.39 is 0 Å². The van der Waals surface area contributed by atoms with Gasteiger partial charge < -0.3 is 0 Å². The molecule has 0 aromatic heterocycles. The summed E-state index contributed by atoms with van der Waals surface area (Å²) >= 11 is 0. The minimum absolute atomic E-state index is 0.479. The minimum atomic E-state index is 0.479. The van der Waals surface area contributed by atoms with E-state index in [0.29, 0.717) is 11.8 Å². The van der Waals surface area contributed by atoms with Crippen LogP contribution >= 0.6 is 0 Å². The Labute approximate surface area is 110 Å². The average Bonchev–Trinajstić information content (AvgIpc) is 2.84. The summed E-state index contributed by atoms with van der Waals surface area (Å²) < 4.78 is 0. The van der Waals surface area contributed by atoms with Gasteiger partial charge in [-0.3, -0.25) is 0 Å². The third-order valence-corrected chi connectivity index (χ3v) is 4.62. The fraction of sp³-hybridized carbons (Fsp3) is 0.444. The first-order valence-electron chi connectivity index (χ1n) is 7.10. The summed E-state index contributed by atoms with van der Waals surface area (Å²) in [5, 5.41) is 0. The predicted molar refractivity (Wildman–Crippen MR) is 78.2 cm³/mol. The number of allylic oxidation sites excluding steroid dienone is 8. The zero-order chi connectivity index (χ0) is 12.7. The van der Waals surface area contributed by atoms with Crippen LogP contribution in [0.3, 0.4) is 0 Å². The fourth-order valence-electron chi connectivity index (χ4n) is 3.49. The first kappa shape index (κ1) is 11.8. The summed E-state index contributed by atoms with van der Waals surface area (Å²) in [6.45, 7) is 10.8. The van der Waals surface area contributed by atoms with Crippen LogP contribution in [0.4, 0.5) is 0 Å². The maximum atomic E-state index is 4.24. The normalized spacial score (nSPS) is 35.3. The second-order valence-electron chi connectivity index (χ2n) is 6.23. The van der Waals surface area contributed by atoms with Crippen LogP contribution in [0.2, 0.25) is 0 Å². The summed E-state index contributed by atoms with van der Waals surface area (Å²) in [5.74, 6) is 1.99. The van der Waals surface area contributed by atoms with Gasteiger partial charge in [0.2, 0.25) is 0 Å². The number of fused-ring (bicyclic) bond motifs is 1. The van der Waals surface area contributed by atoms with Gasteiger partial charge in [0.05, 0.1) is 0 Å². The topological polar surface area (TPSA) is 0 Å². The summed E-state index contributed by atoms with van der Waals surface area (Å²) in [5.41, 5.74) is 5.67. The van der Waals surface area contributed by atoms with Crippen molar-refractivity contribution < 1.29 is 0 Å². The molecule has 18 heavy (non-hydrogen) atoms. The molecule has 0 radical (unpaired) electrons. The van der Waals surface area contributed by atoms with Crippen molar-refractivity contribution in [3.05, 3.63) is 59.8 Å². The lowest BCUT2D eigenvalue weighted by atomic mass is 9.87. The van der Waals surface area contributed by atoms with E-state index in [0.717, 1.165) is 5.92 Å². The van der Waals surface area contributed by atoms with Crippen molar-refractivity contribution in [2.75, 3.05) is 0 Å². The quantitative estimate of drug-likeness (QED) is 0.446. The van der Waals surface area contributed by atoms with Crippen molar-refractivity contribution in [2.45, 2.75) is 32.6 Å². The zero-order valence-corrected chi connectivity index (χ0v) is 11.3. The lowest BCUT2D eigenvalue weighted by Gasteiger charge is -2.17. The molecule has 0 heteroatoms. The maximum absolute atomic E-state index is 4.24. The van der Waals surface area contributed by atoms with Crippen LogP contribution < -0.4 is 0 Å². The Morgan fingerprint density at radius 2 is 2.00 bits per heavy atom. The van der Waals surface area contributed by atoms with Crippen molar-refractivity contribution in [2.24, 2.45) is 17.8 Å². The highest BCUT2D eigenvalue weighted by molar-refractivity contribution is 5.54. The second-order valence-corrected chi connectivity index (χ2v) is 6.23. The molecule has 3 aliphatic rings. The molecule has 0 heterocycles. The highest BCUT2D eigenvalue weighted by atomic mass is 14.3. The lowest BCUT2D eigenvalue weighted by Crippen LogP contribution is -2.05. The SMILES string of the molecule is C=C1CCC(C)CC(C2=CC3C(=C)C=CC3=C2)C1. The van der Waals surface area contributed by atoms with E-state index >= 15 is 0 Å². The van der Waals surface area contributed by atoms with Crippen LogP contribution in [0.1, 0.15) is 32.6 Å². The summed E-state index contributed by atoms with van der Waals surface area (Å²) in [4.78, 5) is 0. The molecule has 0 saturated heterocycles. The largest absolute Gasteiger partial charge is 0.0998 e. The molecule has 3 atom stereocenters. The Morgan fingerprint density at radius 3 is 2.78 bits per heavy atom. The Morgan fingerprint density at radius 1 is 1.17 bits per heavy atom. The van der Waals surface area contributed by atoms with E-state index in [1.54, 1.807) is 0 Å². The molecule has 1 saturated carbocycles. The first-order chi connectivity index (χ1) is 8.63. The van der Waals surface area contributed by atoms with Crippen LogP contribution in [-0.4, -0.2) is 0 Å². The minimum Gasteiger partial charge on any atom is -0.0998 e. The van der Waals surface area contributed by atoms with Crippen LogP contribution in [0.25, 0.3) is 0 Å². The standard InChI is InChI=1S/C18H22/c1-12-4-5-13(2)9-16(8-12)17-10-15-7-6-14(3)18(15)11-17/h6-7,10-11,13,16,18H,1,3-5,8-9H2,2H3. The van der Waals surface area contributed by atoms with Gasteiger partial charge in [0.15, 0.2) is 0 Å². The molecule has 0 aromatic carbocycles. The average molecular weight is 238 g/mol. The summed E-state index contributed by atoms with van der Waals surface area (Å²) in [7, 11) is 0. The molecule has 0 bridgehead atoms. The molecule has 0 aromatic rings. The van der Waals surface area contributed by atoms with Crippen LogP contribution in [0.15, 0.2) is 59.8 Å². The van der Waals surface area contributed by atoms with E-state index in [1.165, 1.54) is 48.0 Å². The van der Waals surface area contributed by atoms with E-state index in [9.17, 15) is 0 Å². The highest BCUT2D eigenvalue weighted by Crippen LogP contribution is 2.42. The second kappa shape index (κ2) is 4.42. The molecular weight excluding hydrogens is 216 g/mol. The Kier molecular flexibility index (Phi) is 2.89. The van der Waals surface area contributed by atoms with Crippen LogP contribution in [0.5, 0.6) is 0 Å². The van der Waals surface area contributed by atoms with Gasteiger partial charge in [0, 0.05) is 5.92 Å². The van der Waals surface area contributed by atoms with Gasteiger partial charge in [-0.15, -0.1) is 0 Å². The van der Waals surface area contributed by atoms with Crippen LogP contribution in [0, 0.1) is 17.8 Å². The molecule has 0 spiro atoms. The molecule has 0 amide bonds. The van der Waals surface area contributed by atoms with Crippen molar-refractivity contribution in [1.82, 2.24) is 0 Å². The molecule has 1 fully saturated rings. The molecular formula is C18H22. The van der Waals surface area contributed by atoms with E-state index in [-0.39, 0.29) is 0 Å². The van der Waals surface area contributed by atoms with Gasteiger partial charge in [0.1, 0.15) is 0 Å². The third-order valence-electron chi connectivity index (χ3n) is 4.62. The first-order valence-corrected chi connectivity index (χ1v) is 7.10. The Bertz CT molecular complexity index is 484. The molecule has 3 rings (SSSR count). The van der Waals surface area contributed by atoms with E-state index in [4.69, 9.17) is 0 Å². The van der Waals surface area contributed by atoms with Gasteiger partial charge in [-0.1, -0.05) is 50.0 Å². The highest BCUT2D eigenvalue weighted by Gasteiger charge is 2.28. The zero-order valence-electron chi connectivity index (χ0n) is 11.3. The number of hydrogen-bond donors (Lipinski definition) is 0. The van der Waals surface area contributed by atoms with Gasteiger partial charge >= 0.3 is 0 Å².